The van der Waals surface area contributed by atoms with Gasteiger partial charge in [0, 0.05) is 4.47 Å². The van der Waals surface area contributed by atoms with Gasteiger partial charge in [-0.05, 0) is 28.1 Å². The van der Waals surface area contributed by atoms with Crippen molar-refractivity contribution in [3.63, 3.8) is 0 Å². The van der Waals surface area contributed by atoms with Crippen LogP contribution < -0.4 is 0 Å². The van der Waals surface area contributed by atoms with E-state index in [9.17, 15) is 4.21 Å². The lowest BCUT2D eigenvalue weighted by Gasteiger charge is -1.93. The number of hydrogen-bond donors (Lipinski definition) is 2. The van der Waals surface area contributed by atoms with Crippen LogP contribution in [-0.2, 0) is 10.6 Å². The van der Waals surface area contributed by atoms with E-state index in [1.807, 2.05) is 6.07 Å². The van der Waals surface area contributed by atoms with Crippen LogP contribution in [0.5, 0.6) is 0 Å². The van der Waals surface area contributed by atoms with Crippen LogP contribution in [0.4, 0.5) is 0 Å². The minimum absolute atomic E-state index is 0.553. The maximum Gasteiger partial charge on any atom is 0.0627 e. The molecule has 10 heavy (non-hydrogen) atoms. The molecule has 0 heterocycles. The molecule has 1 unspecified atom stereocenters. The Balaban J connectivity index is 3.28. The first kappa shape index (κ1) is 7.75. The second kappa shape index (κ2) is 3.16. The summed E-state index contributed by atoms with van der Waals surface area (Å²) in [6.45, 7) is 0. The van der Waals surface area contributed by atoms with Gasteiger partial charge in [0.1, 0.15) is 0 Å². The minimum atomic E-state index is -1.96. The normalized spacial score (nSPS) is 12.9. The molecular weight excluding hydrogens is 214 g/mol. The number of thiol groups is 1. The third-order valence-electron chi connectivity index (χ3n) is 1.07. The fraction of sp³-hybridized carbons (Fsp3) is 0. The lowest BCUT2D eigenvalue weighted by atomic mass is 10.4. The first-order valence-electron chi connectivity index (χ1n) is 2.65. The second-order valence-corrected chi connectivity index (χ2v) is 3.67. The molecule has 0 spiro atoms. The van der Waals surface area contributed by atoms with E-state index >= 15 is 0 Å². The van der Waals surface area contributed by atoms with Crippen LogP contribution in [0.15, 0.2) is 33.6 Å². The number of rotatable bonds is 1. The minimum Gasteiger partial charge on any atom is -0.251 e. The van der Waals surface area contributed by atoms with Crippen molar-refractivity contribution in [2.24, 2.45) is 0 Å². The molecule has 1 aromatic rings. The highest BCUT2D eigenvalue weighted by molar-refractivity contribution is 9.10. The standard InChI is InChI=1S/C6H6BrNOS/c7-5-3-1-2-4-6(5)10(8)9/h1-4,8,10H. The van der Waals surface area contributed by atoms with E-state index in [-0.39, 0.29) is 0 Å². The van der Waals surface area contributed by atoms with Crippen molar-refractivity contribution in [3.05, 3.63) is 28.7 Å². The maximum absolute atomic E-state index is 10.7. The van der Waals surface area contributed by atoms with Gasteiger partial charge in [0.05, 0.1) is 15.5 Å². The molecule has 1 N–H and O–H groups in total. The van der Waals surface area contributed by atoms with Gasteiger partial charge in [-0.3, -0.25) is 4.78 Å². The average molecular weight is 220 g/mol. The largest absolute Gasteiger partial charge is 0.251 e. The Labute approximate surface area is 69.4 Å². The third kappa shape index (κ3) is 1.58. The van der Waals surface area contributed by atoms with Gasteiger partial charge in [-0.25, -0.2) is 4.21 Å². The Kier molecular flexibility index (Phi) is 2.45. The summed E-state index contributed by atoms with van der Waals surface area (Å²) in [5.41, 5.74) is 0. The average Bonchev–Trinajstić information content (AvgIpc) is 1.88. The molecule has 4 heteroatoms. The van der Waals surface area contributed by atoms with Gasteiger partial charge >= 0.3 is 0 Å². The second-order valence-electron chi connectivity index (χ2n) is 1.75. The van der Waals surface area contributed by atoms with Gasteiger partial charge in [-0.1, -0.05) is 12.1 Å². The first-order chi connectivity index (χ1) is 4.72. The van der Waals surface area contributed by atoms with Crippen molar-refractivity contribution in [1.82, 2.24) is 0 Å². The summed E-state index contributed by atoms with van der Waals surface area (Å²) in [4.78, 5) is 0.553. The van der Waals surface area contributed by atoms with Crippen molar-refractivity contribution in [2.75, 3.05) is 0 Å². The molecule has 0 aliphatic carbocycles. The van der Waals surface area contributed by atoms with Gasteiger partial charge in [0.2, 0.25) is 0 Å². The van der Waals surface area contributed by atoms with E-state index in [0.29, 0.717) is 4.90 Å². The lowest BCUT2D eigenvalue weighted by molar-refractivity contribution is 0.687. The van der Waals surface area contributed by atoms with E-state index in [1.165, 1.54) is 0 Å². The molecule has 0 aliphatic heterocycles. The fourth-order valence-corrected chi connectivity index (χ4v) is 1.87. The Morgan fingerprint density at radius 2 is 2.00 bits per heavy atom. The van der Waals surface area contributed by atoms with Crippen LogP contribution in [0.1, 0.15) is 0 Å². The highest BCUT2D eigenvalue weighted by atomic mass is 79.9. The molecule has 1 atom stereocenters. The van der Waals surface area contributed by atoms with Gasteiger partial charge in [-0.2, -0.15) is 0 Å². The molecule has 1 aromatic carbocycles. The Morgan fingerprint density at radius 1 is 1.40 bits per heavy atom. The third-order valence-corrected chi connectivity index (χ3v) is 2.90. The van der Waals surface area contributed by atoms with Gasteiger partial charge in [-0.15, -0.1) is 0 Å². The van der Waals surface area contributed by atoms with E-state index in [2.05, 4.69) is 15.9 Å². The van der Waals surface area contributed by atoms with Crippen LogP contribution in [0.3, 0.4) is 0 Å². The molecule has 0 saturated heterocycles. The molecule has 2 nitrogen and oxygen atoms in total. The summed E-state index contributed by atoms with van der Waals surface area (Å²) in [6, 6.07) is 7.04. The smallest absolute Gasteiger partial charge is 0.0627 e. The fourth-order valence-electron chi connectivity index (χ4n) is 0.616. The molecule has 0 aliphatic rings. The number of nitrogens with one attached hydrogen (secondary N) is 1. The molecule has 0 bridgehead atoms. The molecule has 54 valence electrons. The zero-order valence-corrected chi connectivity index (χ0v) is 7.52. The first-order valence-corrected chi connectivity index (χ1v) is 4.70. The quantitative estimate of drug-likeness (QED) is 0.698. The highest BCUT2D eigenvalue weighted by Gasteiger charge is 1.95. The Bertz CT molecular complexity index is 300. The van der Waals surface area contributed by atoms with Gasteiger partial charge in [0.25, 0.3) is 0 Å². The molecule has 0 aromatic heterocycles. The molecule has 1 rings (SSSR count). The van der Waals surface area contributed by atoms with Crippen molar-refractivity contribution in [3.8, 4) is 0 Å². The molecule has 0 amide bonds. The van der Waals surface area contributed by atoms with Gasteiger partial charge in [0.15, 0.2) is 0 Å². The van der Waals surface area contributed by atoms with Crippen LogP contribution in [0.2, 0.25) is 0 Å². The van der Waals surface area contributed by atoms with E-state index in [1.54, 1.807) is 18.2 Å². The van der Waals surface area contributed by atoms with Crippen molar-refractivity contribution < 1.29 is 4.21 Å². The predicted octanol–water partition coefficient (Wildman–Crippen LogP) is 2.05. The zero-order chi connectivity index (χ0) is 7.56. The van der Waals surface area contributed by atoms with Gasteiger partial charge < -0.3 is 0 Å². The zero-order valence-electron chi connectivity index (χ0n) is 5.04. The monoisotopic (exact) mass is 219 g/mol. The number of halogens is 1. The summed E-state index contributed by atoms with van der Waals surface area (Å²) in [5, 5.41) is 0. The molecule has 0 radical (unpaired) electrons. The van der Waals surface area contributed by atoms with E-state index < -0.39 is 10.6 Å². The van der Waals surface area contributed by atoms with Crippen molar-refractivity contribution >= 4 is 26.5 Å². The van der Waals surface area contributed by atoms with Crippen molar-refractivity contribution in [1.29, 1.82) is 4.78 Å². The summed E-state index contributed by atoms with van der Waals surface area (Å²) in [7, 11) is -1.96. The summed E-state index contributed by atoms with van der Waals surface area (Å²) in [5.74, 6) is 0. The van der Waals surface area contributed by atoms with Crippen molar-refractivity contribution in [2.45, 2.75) is 4.90 Å². The molecule has 0 fully saturated rings. The van der Waals surface area contributed by atoms with E-state index in [4.69, 9.17) is 4.78 Å². The Hall–Kier alpha value is -0.350. The molecular formula is C6H6BrNOS. The highest BCUT2D eigenvalue weighted by Crippen LogP contribution is 2.16. The van der Waals surface area contributed by atoms with Crippen LogP contribution in [-0.4, -0.2) is 4.21 Å². The summed E-state index contributed by atoms with van der Waals surface area (Å²) in [6.07, 6.45) is 0. The summed E-state index contributed by atoms with van der Waals surface area (Å²) >= 11 is 3.19. The summed E-state index contributed by atoms with van der Waals surface area (Å²) < 4.78 is 18.3. The van der Waals surface area contributed by atoms with Crippen LogP contribution >= 0.6 is 15.9 Å². The van der Waals surface area contributed by atoms with Crippen LogP contribution in [0, 0.1) is 4.78 Å². The topological polar surface area (TPSA) is 40.9 Å². The lowest BCUT2D eigenvalue weighted by Crippen LogP contribution is -1.78. The predicted molar refractivity (Wildman–Crippen MR) is 44.7 cm³/mol. The Morgan fingerprint density at radius 3 is 2.40 bits per heavy atom. The molecule has 0 saturated carbocycles. The van der Waals surface area contributed by atoms with E-state index in [0.717, 1.165) is 4.47 Å². The SMILES string of the molecule is N=[SH](=O)c1ccccc1Br. The van der Waals surface area contributed by atoms with Crippen LogP contribution in [0.25, 0.3) is 0 Å². The number of hydrogen-bond acceptors (Lipinski definition) is 2. The maximum atomic E-state index is 10.7. The number of benzene rings is 1.